The van der Waals surface area contributed by atoms with E-state index in [1.165, 1.54) is 6.33 Å². The number of anilines is 1. The fraction of sp³-hybridized carbons (Fsp3) is 0.235. The minimum absolute atomic E-state index is 0.204. The van der Waals surface area contributed by atoms with Crippen molar-refractivity contribution < 1.29 is 4.79 Å². The molecule has 3 heterocycles. The van der Waals surface area contributed by atoms with Crippen molar-refractivity contribution in [1.82, 2.24) is 19.7 Å². The number of para-hydroxylation sites is 1. The lowest BCUT2D eigenvalue weighted by Crippen LogP contribution is -2.31. The van der Waals surface area contributed by atoms with Crippen molar-refractivity contribution in [3.8, 4) is 0 Å². The van der Waals surface area contributed by atoms with Gasteiger partial charge in [0.15, 0.2) is 5.78 Å². The number of carbonyl (C=O) groups is 1. The highest BCUT2D eigenvalue weighted by molar-refractivity contribution is 6.00. The maximum atomic E-state index is 12.6. The number of ketones is 1. The maximum absolute atomic E-state index is 12.6. The van der Waals surface area contributed by atoms with E-state index in [9.17, 15) is 4.79 Å². The van der Waals surface area contributed by atoms with Gasteiger partial charge in [-0.15, -0.1) is 0 Å². The summed E-state index contributed by atoms with van der Waals surface area (Å²) < 4.78 is 1.82. The Morgan fingerprint density at radius 1 is 1.22 bits per heavy atom. The van der Waals surface area contributed by atoms with E-state index in [2.05, 4.69) is 26.4 Å². The molecule has 0 fully saturated rings. The van der Waals surface area contributed by atoms with Gasteiger partial charge in [0.25, 0.3) is 0 Å². The third-order valence-corrected chi connectivity index (χ3v) is 4.73. The lowest BCUT2D eigenvalue weighted by atomic mass is 9.85. The van der Waals surface area contributed by atoms with E-state index in [1.54, 1.807) is 0 Å². The molecule has 0 bridgehead atoms. The highest BCUT2D eigenvalue weighted by Crippen LogP contribution is 2.41. The summed E-state index contributed by atoms with van der Waals surface area (Å²) in [5, 5.41) is 8.77. The molecule has 1 unspecified atom stereocenters. The zero-order valence-corrected chi connectivity index (χ0v) is 12.4. The molecule has 1 aliphatic heterocycles. The molecule has 1 aromatic carbocycles. The summed E-state index contributed by atoms with van der Waals surface area (Å²) in [4.78, 5) is 20.2. The van der Waals surface area contributed by atoms with Crippen molar-refractivity contribution in [3.63, 3.8) is 0 Å². The first-order valence-corrected chi connectivity index (χ1v) is 7.82. The van der Waals surface area contributed by atoms with Crippen LogP contribution in [0.1, 0.15) is 30.9 Å². The van der Waals surface area contributed by atoms with Crippen LogP contribution in [0, 0.1) is 0 Å². The van der Waals surface area contributed by atoms with Gasteiger partial charge in [-0.1, -0.05) is 18.2 Å². The number of Topliss-reactive ketones (excluding diaryl/α,β-unsaturated/α-hetero) is 1. The number of fused-ring (bicyclic) bond motifs is 2. The van der Waals surface area contributed by atoms with Crippen LogP contribution in [0.25, 0.3) is 10.9 Å². The third-order valence-electron chi connectivity index (χ3n) is 4.73. The van der Waals surface area contributed by atoms with E-state index in [4.69, 9.17) is 0 Å². The molecule has 3 aromatic rings. The standard InChI is InChI=1S/C17H15N5O/c23-14-7-3-6-13-15(14)16(22-17(21-13)19-9-20-22)11-8-18-12-5-2-1-4-10(11)12/h1-2,4-5,8-9,16,18H,3,6-7H2,(H,19,20,21). The van der Waals surface area contributed by atoms with Gasteiger partial charge < -0.3 is 10.3 Å². The van der Waals surface area contributed by atoms with Gasteiger partial charge in [0.2, 0.25) is 5.95 Å². The number of carbonyl (C=O) groups excluding carboxylic acids is 1. The van der Waals surface area contributed by atoms with E-state index in [0.29, 0.717) is 12.4 Å². The van der Waals surface area contributed by atoms with Crippen LogP contribution in [0.4, 0.5) is 5.95 Å². The number of benzene rings is 1. The molecule has 5 rings (SSSR count). The minimum Gasteiger partial charge on any atom is -0.361 e. The van der Waals surface area contributed by atoms with Crippen molar-refractivity contribution in [2.75, 3.05) is 5.32 Å². The largest absolute Gasteiger partial charge is 0.361 e. The van der Waals surface area contributed by atoms with Gasteiger partial charge >= 0.3 is 0 Å². The molecule has 2 N–H and O–H groups in total. The summed E-state index contributed by atoms with van der Waals surface area (Å²) in [5.74, 6) is 0.906. The summed E-state index contributed by atoms with van der Waals surface area (Å²) in [5.41, 5.74) is 3.96. The molecular formula is C17H15N5O. The first kappa shape index (κ1) is 12.6. The molecule has 2 aromatic heterocycles. The van der Waals surface area contributed by atoms with Gasteiger partial charge in [-0.25, -0.2) is 4.68 Å². The first-order chi connectivity index (χ1) is 11.3. The summed E-state index contributed by atoms with van der Waals surface area (Å²) in [6, 6.07) is 7.92. The molecule has 0 amide bonds. The Hall–Kier alpha value is -2.89. The zero-order valence-electron chi connectivity index (χ0n) is 12.4. The van der Waals surface area contributed by atoms with Crippen LogP contribution in [0.5, 0.6) is 0 Å². The van der Waals surface area contributed by atoms with Crippen molar-refractivity contribution in [2.45, 2.75) is 25.3 Å². The zero-order chi connectivity index (χ0) is 15.4. The summed E-state index contributed by atoms with van der Waals surface area (Å²) in [7, 11) is 0. The highest BCUT2D eigenvalue weighted by atomic mass is 16.1. The molecule has 0 radical (unpaired) electrons. The molecule has 6 nitrogen and oxygen atoms in total. The van der Waals surface area contributed by atoms with Crippen LogP contribution in [0.2, 0.25) is 0 Å². The molecular weight excluding hydrogens is 290 g/mol. The number of hydrogen-bond donors (Lipinski definition) is 2. The molecule has 6 heteroatoms. The van der Waals surface area contributed by atoms with Crippen LogP contribution < -0.4 is 5.32 Å². The number of nitrogens with zero attached hydrogens (tertiary/aromatic N) is 3. The van der Waals surface area contributed by atoms with Crippen LogP contribution in [-0.4, -0.2) is 25.5 Å². The Kier molecular flexibility index (Phi) is 2.50. The predicted molar refractivity (Wildman–Crippen MR) is 86.0 cm³/mol. The number of hydrogen-bond acceptors (Lipinski definition) is 4. The Bertz CT molecular complexity index is 964. The average Bonchev–Trinajstić information content (AvgIpc) is 3.19. The van der Waals surface area contributed by atoms with E-state index in [0.717, 1.165) is 40.6 Å². The van der Waals surface area contributed by atoms with Crippen LogP contribution in [0.3, 0.4) is 0 Å². The number of rotatable bonds is 1. The van der Waals surface area contributed by atoms with E-state index in [1.807, 2.05) is 29.1 Å². The van der Waals surface area contributed by atoms with Gasteiger partial charge in [-0.3, -0.25) is 4.79 Å². The summed E-state index contributed by atoms with van der Waals surface area (Å²) >= 11 is 0. The lowest BCUT2D eigenvalue weighted by molar-refractivity contribution is -0.116. The Balaban J connectivity index is 1.79. The van der Waals surface area contributed by atoms with Crippen LogP contribution in [-0.2, 0) is 4.79 Å². The van der Waals surface area contributed by atoms with E-state index >= 15 is 0 Å². The third kappa shape index (κ3) is 1.72. The SMILES string of the molecule is O=C1CCCC2=C1C(c1c[nH]c3ccccc13)n1ncnc1N2. The monoisotopic (exact) mass is 305 g/mol. The Morgan fingerprint density at radius 2 is 2.13 bits per heavy atom. The highest BCUT2D eigenvalue weighted by Gasteiger charge is 2.37. The van der Waals surface area contributed by atoms with Gasteiger partial charge in [-0.05, 0) is 18.9 Å². The topological polar surface area (TPSA) is 75.6 Å². The second kappa shape index (κ2) is 4.55. The molecule has 23 heavy (non-hydrogen) atoms. The van der Waals surface area contributed by atoms with Gasteiger partial charge in [0.05, 0.1) is 0 Å². The first-order valence-electron chi connectivity index (χ1n) is 7.82. The predicted octanol–water partition coefficient (Wildman–Crippen LogP) is 2.78. The molecule has 1 aliphatic carbocycles. The summed E-state index contributed by atoms with van der Waals surface area (Å²) in [6.07, 6.45) is 5.89. The van der Waals surface area contributed by atoms with E-state index in [-0.39, 0.29) is 11.8 Å². The molecule has 114 valence electrons. The maximum Gasteiger partial charge on any atom is 0.226 e. The molecule has 1 atom stereocenters. The molecule has 2 aliphatic rings. The van der Waals surface area contributed by atoms with Gasteiger partial charge in [0, 0.05) is 40.4 Å². The number of H-pyrrole nitrogens is 1. The van der Waals surface area contributed by atoms with Crippen LogP contribution >= 0.6 is 0 Å². The van der Waals surface area contributed by atoms with Crippen molar-refractivity contribution in [1.29, 1.82) is 0 Å². The second-order valence-corrected chi connectivity index (χ2v) is 6.01. The fourth-order valence-electron chi connectivity index (χ4n) is 3.70. The Morgan fingerprint density at radius 3 is 3.09 bits per heavy atom. The van der Waals surface area contributed by atoms with Crippen LogP contribution in [0.15, 0.2) is 48.1 Å². The smallest absolute Gasteiger partial charge is 0.226 e. The lowest BCUT2D eigenvalue weighted by Gasteiger charge is -2.31. The number of aromatic amines is 1. The van der Waals surface area contributed by atoms with Gasteiger partial charge in [0.1, 0.15) is 12.4 Å². The average molecular weight is 305 g/mol. The molecule has 0 saturated carbocycles. The van der Waals surface area contributed by atoms with E-state index < -0.39 is 0 Å². The van der Waals surface area contributed by atoms with Gasteiger partial charge in [-0.2, -0.15) is 10.1 Å². The quantitative estimate of drug-likeness (QED) is 0.725. The number of aromatic nitrogens is 4. The molecule has 0 saturated heterocycles. The Labute approximate surface area is 132 Å². The second-order valence-electron chi connectivity index (χ2n) is 6.01. The van der Waals surface area contributed by atoms with Crippen molar-refractivity contribution in [3.05, 3.63) is 53.6 Å². The minimum atomic E-state index is -0.215. The fourth-order valence-corrected chi connectivity index (χ4v) is 3.70. The molecule has 0 spiro atoms. The number of nitrogens with one attached hydrogen (secondary N) is 2. The number of allylic oxidation sites excluding steroid dienone is 2. The summed E-state index contributed by atoms with van der Waals surface area (Å²) in [6.45, 7) is 0. The van der Waals surface area contributed by atoms with Crippen molar-refractivity contribution in [2.24, 2.45) is 0 Å². The normalized spacial score (nSPS) is 20.3. The van der Waals surface area contributed by atoms with Crippen molar-refractivity contribution >= 4 is 22.6 Å².